The van der Waals surface area contributed by atoms with Crippen LogP contribution in [0.1, 0.15) is 16.7 Å². The Morgan fingerprint density at radius 2 is 1.74 bits per heavy atom. The molecule has 7 heteroatoms. The quantitative estimate of drug-likeness (QED) is 0.270. The summed E-state index contributed by atoms with van der Waals surface area (Å²) < 4.78 is 11.8. The van der Waals surface area contributed by atoms with Crippen molar-refractivity contribution in [1.82, 2.24) is 5.43 Å². The Morgan fingerprint density at radius 1 is 1.00 bits per heavy atom. The molecule has 1 aliphatic carbocycles. The first-order valence-electron chi connectivity index (χ1n) is 12.2. The van der Waals surface area contributed by atoms with Gasteiger partial charge in [0.15, 0.2) is 6.61 Å². The van der Waals surface area contributed by atoms with Crippen LogP contribution < -0.4 is 14.9 Å². The molecule has 6 nitrogen and oxygen atoms in total. The molecule has 0 saturated heterocycles. The molecule has 1 N–H and O–H groups in total. The molecule has 2 aliphatic rings. The van der Waals surface area contributed by atoms with Gasteiger partial charge in [-0.15, -0.1) is 0 Å². The van der Waals surface area contributed by atoms with E-state index in [-0.39, 0.29) is 24.5 Å². The predicted molar refractivity (Wildman–Crippen MR) is 155 cm³/mol. The van der Waals surface area contributed by atoms with Crippen molar-refractivity contribution >= 4 is 39.3 Å². The summed E-state index contributed by atoms with van der Waals surface area (Å²) in [6.45, 7) is -0.145. The fourth-order valence-corrected chi connectivity index (χ4v) is 4.75. The summed E-state index contributed by atoms with van der Waals surface area (Å²) in [6.07, 6.45) is 10.1. The molecule has 1 aliphatic heterocycles. The number of carbonyl (C=O) groups is 1. The van der Waals surface area contributed by atoms with Crippen LogP contribution in [0.3, 0.4) is 0 Å². The number of aliphatic imine (C=N–C) groups is 1. The Kier molecular flexibility index (Phi) is 7.95. The number of hydrazone groups is 1. The van der Waals surface area contributed by atoms with Gasteiger partial charge in [0.25, 0.3) is 5.91 Å². The number of fused-ring (bicyclic) bond motifs is 1. The second-order valence-corrected chi connectivity index (χ2v) is 9.70. The van der Waals surface area contributed by atoms with Gasteiger partial charge >= 0.3 is 0 Å². The molecule has 5 rings (SSSR count). The Balaban J connectivity index is 1.22. The van der Waals surface area contributed by atoms with Crippen molar-refractivity contribution < 1.29 is 14.3 Å². The third-order valence-electron chi connectivity index (χ3n) is 6.24. The van der Waals surface area contributed by atoms with Crippen molar-refractivity contribution in [2.24, 2.45) is 16.0 Å². The van der Waals surface area contributed by atoms with Gasteiger partial charge in [0.05, 0.1) is 25.1 Å². The molecule has 2 atom stereocenters. The standard InChI is InChI=1S/C31H26BrN3O3/c1-37-25-12-7-21(8-13-25)19-33-35-31(36)20-38-26-14-9-23(10-15-26)30-18-27(22-5-3-2-4-6-22)28-17-24(32)11-16-29(28)34-30/h2-19,28-29H,20H2,1H3,(H,35,36). The van der Waals surface area contributed by atoms with Gasteiger partial charge in [0, 0.05) is 10.4 Å². The Labute approximate surface area is 230 Å². The highest BCUT2D eigenvalue weighted by Crippen LogP contribution is 2.37. The van der Waals surface area contributed by atoms with Crippen LogP contribution in [0.2, 0.25) is 0 Å². The number of nitrogens with one attached hydrogen (secondary N) is 1. The van der Waals surface area contributed by atoms with E-state index in [1.807, 2.05) is 54.6 Å². The number of halogens is 1. The fraction of sp³-hybridized carbons (Fsp3) is 0.129. The SMILES string of the molecule is COc1ccc(C=NNC(=O)COc2ccc(C3=NC4C=CC(Br)=CC4C(c4ccccc4)=C3)cc2)cc1. The molecule has 190 valence electrons. The van der Waals surface area contributed by atoms with E-state index in [1.165, 1.54) is 11.1 Å². The zero-order chi connectivity index (χ0) is 26.3. The monoisotopic (exact) mass is 567 g/mol. The molecule has 3 aromatic carbocycles. The molecule has 0 fully saturated rings. The Hall–Kier alpha value is -4.23. The highest BCUT2D eigenvalue weighted by atomic mass is 79.9. The van der Waals surface area contributed by atoms with E-state index in [4.69, 9.17) is 14.5 Å². The van der Waals surface area contributed by atoms with Crippen LogP contribution in [0, 0.1) is 5.92 Å². The van der Waals surface area contributed by atoms with Gasteiger partial charge in [-0.05, 0) is 76.9 Å². The first-order chi connectivity index (χ1) is 18.6. The Morgan fingerprint density at radius 3 is 2.47 bits per heavy atom. The minimum atomic E-state index is -0.347. The van der Waals surface area contributed by atoms with Crippen LogP contribution in [-0.4, -0.2) is 37.6 Å². The number of ether oxygens (including phenoxy) is 2. The lowest BCUT2D eigenvalue weighted by Crippen LogP contribution is -2.25. The summed E-state index contributed by atoms with van der Waals surface area (Å²) in [4.78, 5) is 17.2. The fourth-order valence-electron chi connectivity index (χ4n) is 4.31. The summed E-state index contributed by atoms with van der Waals surface area (Å²) in [7, 11) is 1.61. The first-order valence-corrected chi connectivity index (χ1v) is 13.0. The van der Waals surface area contributed by atoms with E-state index in [0.717, 1.165) is 27.1 Å². The number of dihydropyridines is 1. The van der Waals surface area contributed by atoms with E-state index < -0.39 is 0 Å². The number of allylic oxidation sites excluding steroid dienone is 3. The molecule has 1 heterocycles. The van der Waals surface area contributed by atoms with E-state index in [1.54, 1.807) is 13.3 Å². The number of carbonyl (C=O) groups excluding carboxylic acids is 1. The maximum absolute atomic E-state index is 12.1. The van der Waals surface area contributed by atoms with Crippen LogP contribution in [-0.2, 0) is 4.79 Å². The van der Waals surface area contributed by atoms with Gasteiger partial charge in [-0.2, -0.15) is 5.10 Å². The van der Waals surface area contributed by atoms with Crippen molar-refractivity contribution in [3.05, 3.63) is 124 Å². The van der Waals surface area contributed by atoms with Crippen LogP contribution in [0.5, 0.6) is 11.5 Å². The molecule has 0 spiro atoms. The predicted octanol–water partition coefficient (Wildman–Crippen LogP) is 5.94. The van der Waals surface area contributed by atoms with Gasteiger partial charge in [-0.1, -0.05) is 64.5 Å². The number of nitrogens with zero attached hydrogens (tertiary/aromatic N) is 2. The molecule has 1 amide bonds. The van der Waals surface area contributed by atoms with Crippen LogP contribution in [0.4, 0.5) is 0 Å². The molecule has 0 bridgehead atoms. The highest BCUT2D eigenvalue weighted by Gasteiger charge is 2.28. The highest BCUT2D eigenvalue weighted by molar-refractivity contribution is 9.11. The molecule has 2 unspecified atom stereocenters. The average Bonchev–Trinajstić information content (AvgIpc) is 2.96. The third kappa shape index (κ3) is 6.18. The maximum atomic E-state index is 12.1. The second-order valence-electron chi connectivity index (χ2n) is 8.79. The minimum absolute atomic E-state index is 0.0320. The largest absolute Gasteiger partial charge is 0.497 e. The summed E-state index contributed by atoms with van der Waals surface area (Å²) in [5.41, 5.74) is 7.63. The van der Waals surface area contributed by atoms with Crippen LogP contribution in [0.15, 0.2) is 118 Å². The molecular formula is C31H26BrN3O3. The van der Waals surface area contributed by atoms with Crippen molar-refractivity contribution in [1.29, 1.82) is 0 Å². The number of hydrogen-bond acceptors (Lipinski definition) is 5. The molecular weight excluding hydrogens is 542 g/mol. The summed E-state index contributed by atoms with van der Waals surface area (Å²) in [5.74, 6) is 1.18. The number of rotatable bonds is 8. The number of amides is 1. The molecule has 0 radical (unpaired) electrons. The minimum Gasteiger partial charge on any atom is -0.497 e. The number of benzene rings is 3. The molecule has 0 aromatic heterocycles. The lowest BCUT2D eigenvalue weighted by Gasteiger charge is -2.29. The zero-order valence-electron chi connectivity index (χ0n) is 20.8. The normalized spacial score (nSPS) is 18.2. The smallest absolute Gasteiger partial charge is 0.277 e. The van der Waals surface area contributed by atoms with Gasteiger partial charge in [0.1, 0.15) is 11.5 Å². The van der Waals surface area contributed by atoms with Gasteiger partial charge in [-0.25, -0.2) is 5.43 Å². The summed E-state index contributed by atoms with van der Waals surface area (Å²) >= 11 is 3.62. The molecule has 3 aromatic rings. The Bertz CT molecular complexity index is 1440. The van der Waals surface area contributed by atoms with E-state index in [9.17, 15) is 4.79 Å². The second kappa shape index (κ2) is 11.9. The van der Waals surface area contributed by atoms with Gasteiger partial charge in [-0.3, -0.25) is 9.79 Å². The van der Waals surface area contributed by atoms with Crippen molar-refractivity contribution in [2.45, 2.75) is 6.04 Å². The van der Waals surface area contributed by atoms with Crippen LogP contribution >= 0.6 is 15.9 Å². The van der Waals surface area contributed by atoms with E-state index in [0.29, 0.717) is 5.75 Å². The van der Waals surface area contributed by atoms with Crippen molar-refractivity contribution in [3.63, 3.8) is 0 Å². The van der Waals surface area contributed by atoms with Crippen molar-refractivity contribution in [2.75, 3.05) is 13.7 Å². The summed E-state index contributed by atoms with van der Waals surface area (Å²) in [6, 6.07) is 25.4. The number of hydrogen-bond donors (Lipinski definition) is 1. The van der Waals surface area contributed by atoms with Gasteiger partial charge in [0.2, 0.25) is 0 Å². The third-order valence-corrected chi connectivity index (χ3v) is 6.77. The van der Waals surface area contributed by atoms with Crippen LogP contribution in [0.25, 0.3) is 5.57 Å². The lowest BCUT2D eigenvalue weighted by molar-refractivity contribution is -0.123. The van der Waals surface area contributed by atoms with Gasteiger partial charge < -0.3 is 9.47 Å². The zero-order valence-corrected chi connectivity index (χ0v) is 22.3. The van der Waals surface area contributed by atoms with E-state index in [2.05, 4.69) is 75.0 Å². The lowest BCUT2D eigenvalue weighted by atomic mass is 9.81. The number of methoxy groups -OCH3 is 1. The van der Waals surface area contributed by atoms with Crippen molar-refractivity contribution in [3.8, 4) is 11.5 Å². The molecule has 38 heavy (non-hydrogen) atoms. The topological polar surface area (TPSA) is 72.3 Å². The molecule has 0 saturated carbocycles. The van der Waals surface area contributed by atoms with E-state index >= 15 is 0 Å². The average molecular weight is 568 g/mol. The summed E-state index contributed by atoms with van der Waals surface area (Å²) in [5, 5.41) is 3.97. The first kappa shape index (κ1) is 25.4. The maximum Gasteiger partial charge on any atom is 0.277 e.